The van der Waals surface area contributed by atoms with E-state index in [1.54, 1.807) is 18.5 Å². The van der Waals surface area contributed by atoms with Gasteiger partial charge >= 0.3 is 6.18 Å². The SMILES string of the molecule is NC(COCC(F)(F)F)Cc1cccnc1. The molecule has 0 amide bonds. The predicted octanol–water partition coefficient (Wildman–Crippen LogP) is 1.53. The molecule has 0 saturated carbocycles. The number of aromatic nitrogens is 1. The average Bonchev–Trinajstić information content (AvgIpc) is 2.17. The summed E-state index contributed by atoms with van der Waals surface area (Å²) in [4.78, 5) is 3.88. The van der Waals surface area contributed by atoms with Crippen LogP contribution >= 0.6 is 0 Å². The normalized spacial score (nSPS) is 13.8. The van der Waals surface area contributed by atoms with Gasteiger partial charge in [-0.25, -0.2) is 0 Å². The zero-order valence-corrected chi connectivity index (χ0v) is 8.57. The van der Waals surface area contributed by atoms with E-state index in [9.17, 15) is 13.2 Å². The van der Waals surface area contributed by atoms with Crippen molar-refractivity contribution in [1.82, 2.24) is 4.98 Å². The molecule has 1 unspecified atom stereocenters. The molecule has 0 spiro atoms. The molecule has 1 rings (SSSR count). The Morgan fingerprint density at radius 2 is 2.19 bits per heavy atom. The number of halogens is 3. The molecule has 1 aromatic heterocycles. The van der Waals surface area contributed by atoms with Crippen LogP contribution in [0.3, 0.4) is 0 Å². The molecular weight excluding hydrogens is 221 g/mol. The summed E-state index contributed by atoms with van der Waals surface area (Å²) in [6.45, 7) is -1.37. The van der Waals surface area contributed by atoms with Crippen molar-refractivity contribution in [1.29, 1.82) is 0 Å². The van der Waals surface area contributed by atoms with Gasteiger partial charge in [-0.15, -0.1) is 0 Å². The summed E-state index contributed by atoms with van der Waals surface area (Å²) < 4.78 is 39.7. The second-order valence-electron chi connectivity index (χ2n) is 3.46. The molecular formula is C10H13F3N2O. The fourth-order valence-corrected chi connectivity index (χ4v) is 1.21. The van der Waals surface area contributed by atoms with Crippen LogP contribution in [-0.2, 0) is 11.2 Å². The van der Waals surface area contributed by atoms with Crippen molar-refractivity contribution in [2.24, 2.45) is 5.73 Å². The van der Waals surface area contributed by atoms with Crippen molar-refractivity contribution in [3.05, 3.63) is 30.1 Å². The van der Waals surface area contributed by atoms with E-state index in [0.29, 0.717) is 6.42 Å². The molecule has 16 heavy (non-hydrogen) atoms. The van der Waals surface area contributed by atoms with Crippen LogP contribution in [-0.4, -0.2) is 30.4 Å². The molecule has 6 heteroatoms. The van der Waals surface area contributed by atoms with Gasteiger partial charge in [0.15, 0.2) is 0 Å². The summed E-state index contributed by atoms with van der Waals surface area (Å²) in [5, 5.41) is 0. The van der Waals surface area contributed by atoms with E-state index in [4.69, 9.17) is 5.73 Å². The van der Waals surface area contributed by atoms with Crippen LogP contribution in [0.1, 0.15) is 5.56 Å². The van der Waals surface area contributed by atoms with Crippen molar-refractivity contribution in [2.75, 3.05) is 13.2 Å². The number of alkyl halides is 3. The van der Waals surface area contributed by atoms with Crippen LogP contribution in [0.2, 0.25) is 0 Å². The number of hydrogen-bond acceptors (Lipinski definition) is 3. The van der Waals surface area contributed by atoms with Crippen molar-refractivity contribution in [3.8, 4) is 0 Å². The first-order valence-electron chi connectivity index (χ1n) is 4.76. The average molecular weight is 234 g/mol. The molecule has 2 N–H and O–H groups in total. The lowest BCUT2D eigenvalue weighted by Gasteiger charge is -2.13. The Balaban J connectivity index is 2.24. The lowest BCUT2D eigenvalue weighted by atomic mass is 10.1. The molecule has 1 aromatic rings. The van der Waals surface area contributed by atoms with Gasteiger partial charge in [-0.3, -0.25) is 4.98 Å². The van der Waals surface area contributed by atoms with E-state index < -0.39 is 18.8 Å². The summed E-state index contributed by atoms with van der Waals surface area (Å²) >= 11 is 0. The van der Waals surface area contributed by atoms with Gasteiger partial charge in [0.2, 0.25) is 0 Å². The third-order valence-corrected chi connectivity index (χ3v) is 1.82. The van der Waals surface area contributed by atoms with E-state index >= 15 is 0 Å². The smallest absolute Gasteiger partial charge is 0.370 e. The minimum Gasteiger partial charge on any atom is -0.370 e. The van der Waals surface area contributed by atoms with Gasteiger partial charge in [0, 0.05) is 18.4 Å². The van der Waals surface area contributed by atoms with Crippen molar-refractivity contribution < 1.29 is 17.9 Å². The second kappa shape index (κ2) is 5.81. The molecule has 0 saturated heterocycles. The molecule has 0 bridgehead atoms. The quantitative estimate of drug-likeness (QED) is 0.840. The maximum absolute atomic E-state index is 11.8. The molecule has 1 heterocycles. The highest BCUT2D eigenvalue weighted by Crippen LogP contribution is 2.14. The van der Waals surface area contributed by atoms with Crippen LogP contribution < -0.4 is 5.73 Å². The number of nitrogens with two attached hydrogens (primary N) is 1. The highest BCUT2D eigenvalue weighted by Gasteiger charge is 2.27. The Hall–Kier alpha value is -1.14. The lowest BCUT2D eigenvalue weighted by Crippen LogP contribution is -2.31. The topological polar surface area (TPSA) is 48.1 Å². The highest BCUT2D eigenvalue weighted by molar-refractivity contribution is 5.09. The Bertz CT molecular complexity index is 303. The minimum absolute atomic E-state index is 0.117. The first kappa shape index (κ1) is 12.9. The van der Waals surface area contributed by atoms with Gasteiger partial charge in [0.05, 0.1) is 6.61 Å². The maximum atomic E-state index is 11.8. The monoisotopic (exact) mass is 234 g/mol. The molecule has 0 aliphatic heterocycles. The van der Waals surface area contributed by atoms with E-state index in [0.717, 1.165) is 5.56 Å². The third kappa shape index (κ3) is 5.67. The van der Waals surface area contributed by atoms with Gasteiger partial charge in [-0.2, -0.15) is 13.2 Å². The molecule has 0 aromatic carbocycles. The molecule has 90 valence electrons. The molecule has 0 aliphatic carbocycles. The zero-order chi connectivity index (χ0) is 12.0. The predicted molar refractivity (Wildman–Crippen MR) is 52.8 cm³/mol. The molecule has 0 fully saturated rings. The van der Waals surface area contributed by atoms with Gasteiger partial charge < -0.3 is 10.5 Å². The fraction of sp³-hybridized carbons (Fsp3) is 0.500. The van der Waals surface area contributed by atoms with Crippen molar-refractivity contribution >= 4 is 0 Å². The number of rotatable bonds is 5. The second-order valence-corrected chi connectivity index (χ2v) is 3.46. The van der Waals surface area contributed by atoms with Gasteiger partial charge in [-0.1, -0.05) is 6.07 Å². The lowest BCUT2D eigenvalue weighted by molar-refractivity contribution is -0.174. The van der Waals surface area contributed by atoms with Crippen molar-refractivity contribution in [2.45, 2.75) is 18.6 Å². The summed E-state index contributed by atoms with van der Waals surface area (Å²) in [7, 11) is 0. The van der Waals surface area contributed by atoms with E-state index in [1.807, 2.05) is 6.07 Å². The van der Waals surface area contributed by atoms with Crippen LogP contribution in [0.15, 0.2) is 24.5 Å². The first-order valence-corrected chi connectivity index (χ1v) is 4.76. The van der Waals surface area contributed by atoms with Gasteiger partial charge in [0.25, 0.3) is 0 Å². The first-order chi connectivity index (χ1) is 7.47. The Kier molecular flexibility index (Phi) is 4.70. The van der Waals surface area contributed by atoms with E-state index in [-0.39, 0.29) is 6.61 Å². The fourth-order valence-electron chi connectivity index (χ4n) is 1.21. The molecule has 3 nitrogen and oxygen atoms in total. The zero-order valence-electron chi connectivity index (χ0n) is 8.57. The van der Waals surface area contributed by atoms with Crippen LogP contribution in [0, 0.1) is 0 Å². The summed E-state index contributed by atoms with van der Waals surface area (Å²) in [5.41, 5.74) is 6.50. The number of nitrogens with zero attached hydrogens (tertiary/aromatic N) is 1. The summed E-state index contributed by atoms with van der Waals surface area (Å²) in [6.07, 6.45) is -0.599. The molecule has 0 aliphatic rings. The largest absolute Gasteiger partial charge is 0.411 e. The van der Waals surface area contributed by atoms with Crippen molar-refractivity contribution in [3.63, 3.8) is 0 Å². The molecule has 0 radical (unpaired) electrons. The molecule has 1 atom stereocenters. The number of pyridine rings is 1. The minimum atomic E-state index is -4.30. The van der Waals surface area contributed by atoms with Crippen LogP contribution in [0.4, 0.5) is 13.2 Å². The standard InChI is InChI=1S/C10H13F3N2O/c11-10(12,13)7-16-6-9(14)4-8-2-1-3-15-5-8/h1-3,5,9H,4,6-7,14H2. The summed E-state index contributed by atoms with van der Waals surface area (Å²) in [5.74, 6) is 0. The van der Waals surface area contributed by atoms with Crippen LogP contribution in [0.5, 0.6) is 0 Å². The van der Waals surface area contributed by atoms with Crippen LogP contribution in [0.25, 0.3) is 0 Å². The third-order valence-electron chi connectivity index (χ3n) is 1.82. The Labute approximate surface area is 91.4 Å². The Morgan fingerprint density at radius 1 is 1.44 bits per heavy atom. The maximum Gasteiger partial charge on any atom is 0.411 e. The highest BCUT2D eigenvalue weighted by atomic mass is 19.4. The number of hydrogen-bond donors (Lipinski definition) is 1. The van der Waals surface area contributed by atoms with E-state index in [1.165, 1.54) is 0 Å². The Morgan fingerprint density at radius 3 is 2.75 bits per heavy atom. The summed E-state index contributed by atoms with van der Waals surface area (Å²) in [6, 6.07) is 3.11. The van der Waals surface area contributed by atoms with E-state index in [2.05, 4.69) is 9.72 Å². The van der Waals surface area contributed by atoms with Gasteiger partial charge in [0.1, 0.15) is 6.61 Å². The number of ether oxygens (including phenoxy) is 1. The van der Waals surface area contributed by atoms with Gasteiger partial charge in [-0.05, 0) is 18.1 Å².